The molecule has 0 radical (unpaired) electrons. The third-order valence-corrected chi connectivity index (χ3v) is 4.06. The van der Waals surface area contributed by atoms with Gasteiger partial charge in [-0.05, 0) is 12.8 Å². The number of carbonyl (C=O) groups excluding carboxylic acids is 2. The molecule has 1 aliphatic carbocycles. The van der Waals surface area contributed by atoms with Crippen LogP contribution in [0.2, 0.25) is 0 Å². The molecule has 0 aromatic heterocycles. The molecular formula is C12H21N3O2. The van der Waals surface area contributed by atoms with Crippen LogP contribution in [-0.4, -0.2) is 42.4 Å². The highest BCUT2D eigenvalue weighted by Crippen LogP contribution is 2.39. The van der Waals surface area contributed by atoms with Crippen LogP contribution in [-0.2, 0) is 9.59 Å². The maximum absolute atomic E-state index is 12.5. The number of rotatable bonds is 2. The average molecular weight is 239 g/mol. The standard InChI is InChI=1S/C12H21N3O2/c1-12(4-2-3-5-12)11(17)15-7-6-14-8-9(15)10(13)16/h9,14H,2-8H2,1H3,(H2,13,16). The van der Waals surface area contributed by atoms with Crippen molar-refractivity contribution >= 4 is 11.8 Å². The molecule has 2 amide bonds. The summed E-state index contributed by atoms with van der Waals surface area (Å²) >= 11 is 0. The molecule has 1 unspecified atom stereocenters. The fraction of sp³-hybridized carbons (Fsp3) is 0.833. The molecule has 2 fully saturated rings. The third-order valence-electron chi connectivity index (χ3n) is 4.06. The van der Waals surface area contributed by atoms with Crippen LogP contribution in [0.25, 0.3) is 0 Å². The Balaban J connectivity index is 2.13. The molecule has 0 spiro atoms. The molecule has 2 rings (SSSR count). The van der Waals surface area contributed by atoms with Gasteiger partial charge in [-0.15, -0.1) is 0 Å². The van der Waals surface area contributed by atoms with E-state index in [1.54, 1.807) is 4.90 Å². The second-order valence-electron chi connectivity index (χ2n) is 5.39. The van der Waals surface area contributed by atoms with E-state index in [-0.39, 0.29) is 11.3 Å². The van der Waals surface area contributed by atoms with Gasteiger partial charge in [0.05, 0.1) is 0 Å². The summed E-state index contributed by atoms with van der Waals surface area (Å²) in [4.78, 5) is 25.6. The minimum Gasteiger partial charge on any atom is -0.368 e. The maximum Gasteiger partial charge on any atom is 0.241 e. The lowest BCUT2D eigenvalue weighted by atomic mass is 9.86. The number of amides is 2. The fourth-order valence-corrected chi connectivity index (χ4v) is 2.92. The largest absolute Gasteiger partial charge is 0.368 e. The summed E-state index contributed by atoms with van der Waals surface area (Å²) in [7, 11) is 0. The summed E-state index contributed by atoms with van der Waals surface area (Å²) in [6, 6.07) is -0.478. The number of hydrogen-bond donors (Lipinski definition) is 2. The number of nitrogens with zero attached hydrogens (tertiary/aromatic N) is 1. The van der Waals surface area contributed by atoms with Crippen molar-refractivity contribution in [3.8, 4) is 0 Å². The Bertz CT molecular complexity index is 324. The summed E-state index contributed by atoms with van der Waals surface area (Å²) in [5.41, 5.74) is 5.09. The van der Waals surface area contributed by atoms with Crippen molar-refractivity contribution in [1.29, 1.82) is 0 Å². The Labute approximate surface area is 102 Å². The Hall–Kier alpha value is -1.10. The van der Waals surface area contributed by atoms with Crippen LogP contribution in [0.4, 0.5) is 0 Å². The Morgan fingerprint density at radius 3 is 2.59 bits per heavy atom. The molecule has 96 valence electrons. The summed E-state index contributed by atoms with van der Waals surface area (Å²) < 4.78 is 0. The molecule has 3 N–H and O–H groups in total. The summed E-state index contributed by atoms with van der Waals surface area (Å²) in [6.07, 6.45) is 4.08. The van der Waals surface area contributed by atoms with E-state index in [2.05, 4.69) is 5.32 Å². The van der Waals surface area contributed by atoms with Gasteiger partial charge in [-0.25, -0.2) is 0 Å². The predicted octanol–water partition coefficient (Wildman–Crippen LogP) is -0.148. The van der Waals surface area contributed by atoms with Gasteiger partial charge >= 0.3 is 0 Å². The first kappa shape index (κ1) is 12.4. The zero-order chi connectivity index (χ0) is 12.5. The summed E-state index contributed by atoms with van der Waals surface area (Å²) in [5.74, 6) is -0.299. The number of nitrogens with two attached hydrogens (primary N) is 1. The van der Waals surface area contributed by atoms with Crippen molar-refractivity contribution in [2.45, 2.75) is 38.6 Å². The normalized spacial score (nSPS) is 28.1. The highest BCUT2D eigenvalue weighted by molar-refractivity contribution is 5.89. The summed E-state index contributed by atoms with van der Waals surface area (Å²) in [6.45, 7) is 3.83. The van der Waals surface area contributed by atoms with Crippen LogP contribution in [0, 0.1) is 5.41 Å². The quantitative estimate of drug-likeness (QED) is 0.704. The van der Waals surface area contributed by atoms with Crippen LogP contribution >= 0.6 is 0 Å². The Morgan fingerprint density at radius 2 is 2.00 bits per heavy atom. The highest BCUT2D eigenvalue weighted by Gasteiger charge is 2.42. The Morgan fingerprint density at radius 1 is 1.35 bits per heavy atom. The first-order valence-electron chi connectivity index (χ1n) is 6.36. The first-order chi connectivity index (χ1) is 8.04. The zero-order valence-electron chi connectivity index (χ0n) is 10.4. The van der Waals surface area contributed by atoms with E-state index >= 15 is 0 Å². The first-order valence-corrected chi connectivity index (χ1v) is 6.36. The molecule has 0 aromatic carbocycles. The number of carbonyl (C=O) groups is 2. The van der Waals surface area contributed by atoms with Gasteiger partial charge in [0.25, 0.3) is 0 Å². The van der Waals surface area contributed by atoms with Crippen LogP contribution in [0.1, 0.15) is 32.6 Å². The molecule has 2 aliphatic rings. The molecule has 1 heterocycles. The number of nitrogens with one attached hydrogen (secondary N) is 1. The van der Waals surface area contributed by atoms with Crippen molar-refractivity contribution < 1.29 is 9.59 Å². The number of hydrogen-bond acceptors (Lipinski definition) is 3. The monoisotopic (exact) mass is 239 g/mol. The Kier molecular flexibility index (Phi) is 3.38. The lowest BCUT2D eigenvalue weighted by Crippen LogP contribution is -2.61. The van der Waals surface area contributed by atoms with Gasteiger partial charge in [0, 0.05) is 25.0 Å². The van der Waals surface area contributed by atoms with Gasteiger partial charge < -0.3 is 16.0 Å². The topological polar surface area (TPSA) is 75.4 Å². The third kappa shape index (κ3) is 2.29. The number of primary amides is 1. The van der Waals surface area contributed by atoms with Gasteiger partial charge in [-0.2, -0.15) is 0 Å². The van der Waals surface area contributed by atoms with E-state index in [1.165, 1.54) is 0 Å². The van der Waals surface area contributed by atoms with E-state index in [4.69, 9.17) is 5.73 Å². The SMILES string of the molecule is CC1(C(=O)N2CCNCC2C(N)=O)CCCC1. The molecule has 5 nitrogen and oxygen atoms in total. The zero-order valence-corrected chi connectivity index (χ0v) is 10.4. The molecule has 17 heavy (non-hydrogen) atoms. The van der Waals surface area contributed by atoms with Gasteiger partial charge in [0.15, 0.2) is 0 Å². The van der Waals surface area contributed by atoms with Crippen molar-refractivity contribution in [3.63, 3.8) is 0 Å². The second-order valence-corrected chi connectivity index (χ2v) is 5.39. The van der Waals surface area contributed by atoms with Gasteiger partial charge in [-0.1, -0.05) is 19.8 Å². The molecule has 1 saturated carbocycles. The van der Waals surface area contributed by atoms with E-state index in [1.807, 2.05) is 6.92 Å². The molecule has 1 aliphatic heterocycles. The van der Waals surface area contributed by atoms with E-state index in [0.717, 1.165) is 32.2 Å². The van der Waals surface area contributed by atoms with Crippen LogP contribution in [0.5, 0.6) is 0 Å². The molecule has 0 bridgehead atoms. The molecule has 1 saturated heterocycles. The van der Waals surface area contributed by atoms with Crippen LogP contribution in [0.3, 0.4) is 0 Å². The lowest BCUT2D eigenvalue weighted by Gasteiger charge is -2.39. The molecule has 1 atom stereocenters. The minimum absolute atomic E-state index is 0.111. The smallest absolute Gasteiger partial charge is 0.241 e. The van der Waals surface area contributed by atoms with E-state index in [9.17, 15) is 9.59 Å². The van der Waals surface area contributed by atoms with E-state index < -0.39 is 11.9 Å². The van der Waals surface area contributed by atoms with Crippen molar-refractivity contribution in [2.24, 2.45) is 11.1 Å². The fourth-order valence-electron chi connectivity index (χ4n) is 2.92. The summed E-state index contributed by atoms with van der Waals surface area (Å²) in [5, 5.41) is 3.11. The van der Waals surface area contributed by atoms with Crippen LogP contribution in [0.15, 0.2) is 0 Å². The minimum atomic E-state index is -0.478. The highest BCUT2D eigenvalue weighted by atomic mass is 16.2. The van der Waals surface area contributed by atoms with Crippen molar-refractivity contribution in [1.82, 2.24) is 10.2 Å². The second kappa shape index (κ2) is 4.64. The van der Waals surface area contributed by atoms with E-state index in [0.29, 0.717) is 13.1 Å². The molecule has 5 heteroatoms. The van der Waals surface area contributed by atoms with Crippen LogP contribution < -0.4 is 11.1 Å². The lowest BCUT2D eigenvalue weighted by molar-refractivity contribution is -0.148. The van der Waals surface area contributed by atoms with Crippen molar-refractivity contribution in [2.75, 3.05) is 19.6 Å². The molecule has 0 aromatic rings. The van der Waals surface area contributed by atoms with Gasteiger partial charge in [0.2, 0.25) is 11.8 Å². The van der Waals surface area contributed by atoms with Gasteiger partial charge in [0.1, 0.15) is 6.04 Å². The van der Waals surface area contributed by atoms with Gasteiger partial charge in [-0.3, -0.25) is 9.59 Å². The molecular weight excluding hydrogens is 218 g/mol. The number of piperazine rings is 1. The maximum atomic E-state index is 12.5. The van der Waals surface area contributed by atoms with Crippen molar-refractivity contribution in [3.05, 3.63) is 0 Å². The average Bonchev–Trinajstić information content (AvgIpc) is 2.76. The predicted molar refractivity (Wildman–Crippen MR) is 64.1 cm³/mol.